The second-order valence-corrected chi connectivity index (χ2v) is 6.29. The number of benzene rings is 1. The summed E-state index contributed by atoms with van der Waals surface area (Å²) in [7, 11) is -4.07. The standard InChI is InChI=1S/C11H14FN3O3S2/c1-6(5-9(13)16)15-20(17,18)8-4-2-3-7(12)10(8)11(14)19/h2-4,6,15H,5H2,1H3,(H2,13,16)(H2,14,19). The highest BCUT2D eigenvalue weighted by Crippen LogP contribution is 2.19. The number of carbonyl (C=O) groups excluding carboxylic acids is 1. The molecule has 0 aliphatic heterocycles. The third-order valence-electron chi connectivity index (χ3n) is 2.38. The van der Waals surface area contributed by atoms with E-state index in [2.05, 4.69) is 16.9 Å². The molecule has 1 aromatic rings. The van der Waals surface area contributed by atoms with Crippen molar-refractivity contribution in [1.29, 1.82) is 0 Å². The molecule has 0 aliphatic rings. The van der Waals surface area contributed by atoms with Gasteiger partial charge in [-0.25, -0.2) is 17.5 Å². The zero-order valence-corrected chi connectivity index (χ0v) is 12.2. The molecule has 0 aromatic heterocycles. The molecule has 0 aliphatic carbocycles. The van der Waals surface area contributed by atoms with Crippen LogP contribution in [0.4, 0.5) is 4.39 Å². The average molecular weight is 319 g/mol. The molecular formula is C11H14FN3O3S2. The number of hydrogen-bond donors (Lipinski definition) is 3. The fraction of sp³-hybridized carbons (Fsp3) is 0.273. The molecule has 0 saturated heterocycles. The van der Waals surface area contributed by atoms with E-state index in [1.54, 1.807) is 0 Å². The van der Waals surface area contributed by atoms with Crippen LogP contribution in [0, 0.1) is 5.82 Å². The first-order valence-electron chi connectivity index (χ1n) is 5.54. The van der Waals surface area contributed by atoms with Crippen LogP contribution in [0.5, 0.6) is 0 Å². The highest BCUT2D eigenvalue weighted by Gasteiger charge is 2.24. The fourth-order valence-electron chi connectivity index (χ4n) is 1.64. The minimum absolute atomic E-state index is 0.184. The quantitative estimate of drug-likeness (QED) is 0.639. The van der Waals surface area contributed by atoms with E-state index in [-0.39, 0.29) is 21.9 Å². The fourth-order valence-corrected chi connectivity index (χ4v) is 3.39. The predicted molar refractivity (Wildman–Crippen MR) is 75.9 cm³/mol. The third-order valence-corrected chi connectivity index (χ3v) is 4.21. The number of hydrogen-bond acceptors (Lipinski definition) is 4. The van der Waals surface area contributed by atoms with E-state index in [0.29, 0.717) is 0 Å². The van der Waals surface area contributed by atoms with E-state index in [1.165, 1.54) is 19.1 Å². The Morgan fingerprint density at radius 2 is 2.05 bits per heavy atom. The molecule has 110 valence electrons. The van der Waals surface area contributed by atoms with Gasteiger partial charge in [-0.05, 0) is 19.1 Å². The number of sulfonamides is 1. The second-order valence-electron chi connectivity index (χ2n) is 4.17. The van der Waals surface area contributed by atoms with Crippen molar-refractivity contribution in [2.45, 2.75) is 24.3 Å². The van der Waals surface area contributed by atoms with Crippen molar-refractivity contribution < 1.29 is 17.6 Å². The summed E-state index contributed by atoms with van der Waals surface area (Å²) in [6.07, 6.45) is -0.184. The number of rotatable bonds is 6. The molecule has 5 N–H and O–H groups in total. The van der Waals surface area contributed by atoms with Gasteiger partial charge in [0.2, 0.25) is 15.9 Å². The Bertz CT molecular complexity index is 646. The lowest BCUT2D eigenvalue weighted by atomic mass is 10.2. The highest BCUT2D eigenvalue weighted by molar-refractivity contribution is 7.89. The summed E-state index contributed by atoms with van der Waals surface area (Å²) in [5.41, 5.74) is 9.97. The monoisotopic (exact) mass is 319 g/mol. The minimum atomic E-state index is -4.07. The van der Waals surface area contributed by atoms with Gasteiger partial charge in [-0.15, -0.1) is 0 Å². The topological polar surface area (TPSA) is 115 Å². The first-order valence-corrected chi connectivity index (χ1v) is 7.43. The molecule has 0 heterocycles. The second kappa shape index (κ2) is 6.25. The first kappa shape index (κ1) is 16.5. The van der Waals surface area contributed by atoms with Crippen LogP contribution >= 0.6 is 12.2 Å². The van der Waals surface area contributed by atoms with Gasteiger partial charge in [-0.3, -0.25) is 4.79 Å². The highest BCUT2D eigenvalue weighted by atomic mass is 32.2. The van der Waals surface area contributed by atoms with Gasteiger partial charge in [-0.1, -0.05) is 18.3 Å². The molecule has 0 radical (unpaired) electrons. The van der Waals surface area contributed by atoms with Crippen molar-refractivity contribution in [3.8, 4) is 0 Å². The molecular weight excluding hydrogens is 305 g/mol. The molecule has 1 rings (SSSR count). The molecule has 20 heavy (non-hydrogen) atoms. The third kappa shape index (κ3) is 3.95. The number of amides is 1. The minimum Gasteiger partial charge on any atom is -0.389 e. The van der Waals surface area contributed by atoms with Gasteiger partial charge in [-0.2, -0.15) is 0 Å². The van der Waals surface area contributed by atoms with E-state index in [0.717, 1.165) is 6.07 Å². The molecule has 6 nitrogen and oxygen atoms in total. The van der Waals surface area contributed by atoms with E-state index >= 15 is 0 Å². The van der Waals surface area contributed by atoms with Crippen molar-refractivity contribution in [2.24, 2.45) is 11.5 Å². The number of carbonyl (C=O) groups is 1. The zero-order valence-electron chi connectivity index (χ0n) is 10.6. The Labute approximate surface area is 121 Å². The molecule has 1 amide bonds. The summed E-state index contributed by atoms with van der Waals surface area (Å²) < 4.78 is 40.2. The lowest BCUT2D eigenvalue weighted by Gasteiger charge is -2.15. The maximum Gasteiger partial charge on any atom is 0.241 e. The van der Waals surface area contributed by atoms with Crippen molar-refractivity contribution >= 4 is 33.1 Å². The van der Waals surface area contributed by atoms with Crippen molar-refractivity contribution in [2.75, 3.05) is 0 Å². The number of nitrogens with one attached hydrogen (secondary N) is 1. The molecule has 1 aromatic carbocycles. The van der Waals surface area contributed by atoms with Gasteiger partial charge in [0.05, 0.1) is 10.5 Å². The Kier molecular flexibility index (Phi) is 5.15. The lowest BCUT2D eigenvalue weighted by Crippen LogP contribution is -2.36. The number of nitrogens with two attached hydrogens (primary N) is 2. The predicted octanol–water partition coefficient (Wildman–Crippen LogP) is 0.00210. The normalized spacial score (nSPS) is 12.9. The van der Waals surface area contributed by atoms with E-state index in [4.69, 9.17) is 11.5 Å². The van der Waals surface area contributed by atoms with Crippen LogP contribution in [0.25, 0.3) is 0 Å². The Morgan fingerprint density at radius 3 is 2.55 bits per heavy atom. The Morgan fingerprint density at radius 1 is 1.45 bits per heavy atom. The van der Waals surface area contributed by atoms with Crippen LogP contribution in [-0.2, 0) is 14.8 Å². The molecule has 9 heteroatoms. The van der Waals surface area contributed by atoms with Crippen LogP contribution < -0.4 is 16.2 Å². The summed E-state index contributed by atoms with van der Waals surface area (Å²) in [6, 6.07) is 2.72. The molecule has 0 saturated carbocycles. The largest absolute Gasteiger partial charge is 0.389 e. The summed E-state index contributed by atoms with van der Waals surface area (Å²) in [5.74, 6) is -1.49. The molecule has 0 fully saturated rings. The van der Waals surface area contributed by atoms with Crippen LogP contribution in [0.1, 0.15) is 18.9 Å². The van der Waals surface area contributed by atoms with Crippen molar-refractivity contribution in [1.82, 2.24) is 4.72 Å². The van der Waals surface area contributed by atoms with Crippen LogP contribution in [0.15, 0.2) is 23.1 Å². The lowest BCUT2D eigenvalue weighted by molar-refractivity contribution is -0.118. The first-order chi connectivity index (χ1) is 9.15. The maximum atomic E-state index is 13.6. The number of thiocarbonyl (C=S) groups is 1. The summed E-state index contributed by atoms with van der Waals surface area (Å²) >= 11 is 4.66. The Hall–Kier alpha value is -1.58. The van der Waals surface area contributed by atoms with Gasteiger partial charge in [0, 0.05) is 12.5 Å². The van der Waals surface area contributed by atoms with Gasteiger partial charge < -0.3 is 11.5 Å². The maximum absolute atomic E-state index is 13.6. The molecule has 1 atom stereocenters. The average Bonchev–Trinajstić information content (AvgIpc) is 2.25. The molecule has 1 unspecified atom stereocenters. The van der Waals surface area contributed by atoms with Crippen LogP contribution in [0.3, 0.4) is 0 Å². The van der Waals surface area contributed by atoms with Gasteiger partial charge in [0.25, 0.3) is 0 Å². The van der Waals surface area contributed by atoms with Crippen LogP contribution in [0.2, 0.25) is 0 Å². The van der Waals surface area contributed by atoms with Crippen molar-refractivity contribution in [3.63, 3.8) is 0 Å². The Balaban J connectivity index is 3.20. The van der Waals surface area contributed by atoms with Crippen molar-refractivity contribution in [3.05, 3.63) is 29.6 Å². The molecule has 0 spiro atoms. The van der Waals surface area contributed by atoms with E-state index in [1.807, 2.05) is 0 Å². The summed E-state index contributed by atoms with van der Waals surface area (Å²) in [5, 5.41) is 0. The van der Waals surface area contributed by atoms with E-state index < -0.39 is 27.8 Å². The SMILES string of the molecule is CC(CC(N)=O)NS(=O)(=O)c1cccc(F)c1C(N)=S. The summed E-state index contributed by atoms with van der Waals surface area (Å²) in [4.78, 5) is 10.0. The number of primary amides is 1. The number of halogens is 1. The van der Waals surface area contributed by atoms with Crippen LogP contribution in [-0.4, -0.2) is 25.4 Å². The molecule has 0 bridgehead atoms. The smallest absolute Gasteiger partial charge is 0.241 e. The van der Waals surface area contributed by atoms with E-state index in [9.17, 15) is 17.6 Å². The van der Waals surface area contributed by atoms with Gasteiger partial charge in [0.15, 0.2) is 0 Å². The zero-order chi connectivity index (χ0) is 15.5. The van der Waals surface area contributed by atoms with Gasteiger partial charge in [0.1, 0.15) is 10.8 Å². The summed E-state index contributed by atoms with van der Waals surface area (Å²) in [6.45, 7) is 1.46. The van der Waals surface area contributed by atoms with Gasteiger partial charge >= 0.3 is 0 Å².